The van der Waals surface area contributed by atoms with Crippen molar-refractivity contribution in [1.82, 2.24) is 10.3 Å². The molecule has 0 saturated carbocycles. The predicted octanol–water partition coefficient (Wildman–Crippen LogP) is 3.78. The summed E-state index contributed by atoms with van der Waals surface area (Å²) >= 11 is 0. The molecule has 21 heavy (non-hydrogen) atoms. The molecule has 0 amide bonds. The summed E-state index contributed by atoms with van der Waals surface area (Å²) in [7, 11) is 0. The van der Waals surface area contributed by atoms with E-state index in [9.17, 15) is 13.2 Å². The van der Waals surface area contributed by atoms with Gasteiger partial charge in [-0.1, -0.05) is 19.1 Å². The van der Waals surface area contributed by atoms with Crippen molar-refractivity contribution >= 4 is 0 Å². The lowest BCUT2D eigenvalue weighted by Crippen LogP contribution is -2.23. The van der Waals surface area contributed by atoms with Gasteiger partial charge in [-0.05, 0) is 37.6 Å². The van der Waals surface area contributed by atoms with Gasteiger partial charge in [0.2, 0.25) is 0 Å². The van der Waals surface area contributed by atoms with Gasteiger partial charge < -0.3 is 5.32 Å². The van der Waals surface area contributed by atoms with Crippen LogP contribution in [0.3, 0.4) is 0 Å². The highest BCUT2D eigenvalue weighted by atomic mass is 19.2. The zero-order chi connectivity index (χ0) is 15.2. The van der Waals surface area contributed by atoms with Crippen molar-refractivity contribution in [2.75, 3.05) is 6.54 Å². The lowest BCUT2D eigenvalue weighted by Gasteiger charge is -2.19. The molecule has 1 heterocycles. The first kappa shape index (κ1) is 15.5. The van der Waals surface area contributed by atoms with Gasteiger partial charge in [-0.3, -0.25) is 4.98 Å². The van der Waals surface area contributed by atoms with E-state index in [1.807, 2.05) is 25.1 Å². The van der Waals surface area contributed by atoms with Gasteiger partial charge in [0.1, 0.15) is 0 Å². The van der Waals surface area contributed by atoms with E-state index in [4.69, 9.17) is 0 Å². The molecule has 2 nitrogen and oxygen atoms in total. The lowest BCUT2D eigenvalue weighted by molar-refractivity contribution is 0.419. The number of halogens is 3. The predicted molar refractivity (Wildman–Crippen MR) is 75.3 cm³/mol. The largest absolute Gasteiger partial charge is 0.310 e. The van der Waals surface area contributed by atoms with E-state index in [0.29, 0.717) is 19.4 Å². The van der Waals surface area contributed by atoms with Crippen LogP contribution in [-0.4, -0.2) is 11.5 Å². The van der Waals surface area contributed by atoms with Gasteiger partial charge in [0.15, 0.2) is 17.5 Å². The fourth-order valence-corrected chi connectivity index (χ4v) is 2.26. The Hall–Kier alpha value is -1.88. The zero-order valence-corrected chi connectivity index (χ0v) is 11.7. The Bertz CT molecular complexity index is 588. The smallest absolute Gasteiger partial charge is 0.194 e. The van der Waals surface area contributed by atoms with Gasteiger partial charge in [-0.2, -0.15) is 0 Å². The van der Waals surface area contributed by atoms with Crippen LogP contribution in [0.2, 0.25) is 0 Å². The number of rotatable bonds is 6. The first-order valence-corrected chi connectivity index (χ1v) is 6.90. The summed E-state index contributed by atoms with van der Waals surface area (Å²) in [6, 6.07) is 7.44. The van der Waals surface area contributed by atoms with Gasteiger partial charge in [0, 0.05) is 23.5 Å². The molecule has 1 aromatic carbocycles. The highest BCUT2D eigenvalue weighted by Crippen LogP contribution is 2.24. The number of hydrogen-bond acceptors (Lipinski definition) is 2. The maximum absolute atomic E-state index is 13.9. The molecule has 112 valence electrons. The Kier molecular flexibility index (Phi) is 5.33. The van der Waals surface area contributed by atoms with Crippen LogP contribution in [0, 0.1) is 17.5 Å². The quantitative estimate of drug-likeness (QED) is 0.820. The second-order valence-corrected chi connectivity index (χ2v) is 4.73. The average Bonchev–Trinajstić information content (AvgIpc) is 2.51. The van der Waals surface area contributed by atoms with Crippen molar-refractivity contribution in [2.24, 2.45) is 0 Å². The van der Waals surface area contributed by atoms with E-state index in [-0.39, 0.29) is 11.6 Å². The van der Waals surface area contributed by atoms with Gasteiger partial charge >= 0.3 is 0 Å². The molecule has 5 heteroatoms. The number of benzene rings is 1. The maximum Gasteiger partial charge on any atom is 0.194 e. The Morgan fingerprint density at radius 2 is 1.90 bits per heavy atom. The van der Waals surface area contributed by atoms with Crippen LogP contribution in [0.15, 0.2) is 36.5 Å². The second-order valence-electron chi connectivity index (χ2n) is 4.73. The van der Waals surface area contributed by atoms with Crippen molar-refractivity contribution in [3.05, 3.63) is 65.2 Å². The molecule has 0 spiro atoms. The summed E-state index contributed by atoms with van der Waals surface area (Å²) in [5, 5.41) is 3.10. The number of nitrogens with one attached hydrogen (secondary N) is 1. The van der Waals surface area contributed by atoms with Crippen molar-refractivity contribution in [3.8, 4) is 0 Å². The molecule has 0 fully saturated rings. The van der Waals surface area contributed by atoms with Crippen molar-refractivity contribution < 1.29 is 13.2 Å². The van der Waals surface area contributed by atoms with E-state index >= 15 is 0 Å². The van der Waals surface area contributed by atoms with Crippen molar-refractivity contribution in [3.63, 3.8) is 0 Å². The van der Waals surface area contributed by atoms with E-state index in [1.54, 1.807) is 6.20 Å². The summed E-state index contributed by atoms with van der Waals surface area (Å²) in [4.78, 5) is 4.20. The van der Waals surface area contributed by atoms with Crippen molar-refractivity contribution in [2.45, 2.75) is 25.8 Å². The zero-order valence-electron chi connectivity index (χ0n) is 11.7. The minimum atomic E-state index is -1.42. The second kappa shape index (κ2) is 7.22. The average molecular weight is 294 g/mol. The third-order valence-corrected chi connectivity index (χ3v) is 3.31. The highest BCUT2D eigenvalue weighted by molar-refractivity contribution is 5.24. The molecular weight excluding hydrogens is 277 g/mol. The van der Waals surface area contributed by atoms with Crippen LogP contribution in [0.5, 0.6) is 0 Å². The third kappa shape index (κ3) is 3.82. The molecule has 2 rings (SSSR count). The summed E-state index contributed by atoms with van der Waals surface area (Å²) in [6.45, 7) is 2.48. The molecule has 0 aliphatic rings. The molecule has 1 unspecified atom stereocenters. The fourth-order valence-electron chi connectivity index (χ4n) is 2.26. The molecule has 1 atom stereocenters. The number of pyridine rings is 1. The number of aromatic nitrogens is 1. The SMILES string of the molecule is CCNC(CCc1ccccn1)c1ccc(F)c(F)c1F. The van der Waals surface area contributed by atoms with Gasteiger partial charge in [0.05, 0.1) is 0 Å². The molecule has 1 aromatic heterocycles. The standard InChI is InChI=1S/C16H17F3N2/c1-2-20-14(9-6-11-5-3-4-10-21-11)12-7-8-13(17)16(19)15(12)18/h3-5,7-8,10,14,20H,2,6,9H2,1H3. The Labute approximate surface area is 122 Å². The van der Waals surface area contributed by atoms with Crippen LogP contribution in [0.4, 0.5) is 13.2 Å². The lowest BCUT2D eigenvalue weighted by atomic mass is 9.99. The minimum Gasteiger partial charge on any atom is -0.310 e. The minimum absolute atomic E-state index is 0.145. The maximum atomic E-state index is 13.9. The number of aryl methyl sites for hydroxylation is 1. The summed E-state index contributed by atoms with van der Waals surface area (Å²) < 4.78 is 40.3. The van der Waals surface area contributed by atoms with Crippen LogP contribution in [-0.2, 0) is 6.42 Å². The van der Waals surface area contributed by atoms with Crippen LogP contribution >= 0.6 is 0 Å². The number of hydrogen-bond donors (Lipinski definition) is 1. The molecule has 1 N–H and O–H groups in total. The first-order valence-electron chi connectivity index (χ1n) is 6.90. The third-order valence-electron chi connectivity index (χ3n) is 3.31. The summed E-state index contributed by atoms with van der Waals surface area (Å²) in [6.07, 6.45) is 2.86. The van der Waals surface area contributed by atoms with E-state index < -0.39 is 17.5 Å². The van der Waals surface area contributed by atoms with Crippen LogP contribution in [0.1, 0.15) is 30.6 Å². The molecule has 0 aliphatic carbocycles. The molecule has 0 radical (unpaired) electrons. The van der Waals surface area contributed by atoms with E-state index in [2.05, 4.69) is 10.3 Å². The van der Waals surface area contributed by atoms with Gasteiger partial charge in [-0.15, -0.1) is 0 Å². The van der Waals surface area contributed by atoms with E-state index in [0.717, 1.165) is 11.8 Å². The first-order chi connectivity index (χ1) is 10.1. The Balaban J connectivity index is 2.17. The normalized spacial score (nSPS) is 12.4. The molecular formula is C16H17F3N2. The number of nitrogens with zero attached hydrogens (tertiary/aromatic N) is 1. The molecule has 0 bridgehead atoms. The monoisotopic (exact) mass is 294 g/mol. The summed E-state index contributed by atoms with van der Waals surface area (Å²) in [5.41, 5.74) is 1.02. The van der Waals surface area contributed by atoms with Crippen molar-refractivity contribution in [1.29, 1.82) is 0 Å². The Morgan fingerprint density at radius 3 is 2.57 bits per heavy atom. The van der Waals surface area contributed by atoms with Crippen LogP contribution < -0.4 is 5.32 Å². The molecule has 0 saturated heterocycles. The van der Waals surface area contributed by atoms with Crippen LogP contribution in [0.25, 0.3) is 0 Å². The fraction of sp³-hybridized carbons (Fsp3) is 0.312. The summed E-state index contributed by atoms with van der Waals surface area (Å²) in [5.74, 6) is -3.72. The highest BCUT2D eigenvalue weighted by Gasteiger charge is 2.20. The molecule has 0 aliphatic heterocycles. The Morgan fingerprint density at radius 1 is 1.10 bits per heavy atom. The van der Waals surface area contributed by atoms with Gasteiger partial charge in [0.25, 0.3) is 0 Å². The van der Waals surface area contributed by atoms with Gasteiger partial charge in [-0.25, -0.2) is 13.2 Å². The molecule has 2 aromatic rings. The topological polar surface area (TPSA) is 24.9 Å². The van der Waals surface area contributed by atoms with E-state index in [1.165, 1.54) is 6.07 Å².